The van der Waals surface area contributed by atoms with Crippen LogP contribution in [0, 0.1) is 17.1 Å². The van der Waals surface area contributed by atoms with Crippen LogP contribution in [0.15, 0.2) is 109 Å². The number of aromatic hydroxyl groups is 1. The molecule has 0 unspecified atom stereocenters. The number of rotatable bonds is 4. The highest BCUT2D eigenvalue weighted by Gasteiger charge is 2.25. The SMILES string of the molecule is N#Cc1c(-c2ccc(F)cc2)nc2c(c(-c3ccccc3)nn2-c2ccccc2)c1-c1ccc(O)cc1. The Hall–Kier alpha value is -5.28. The van der Waals surface area contributed by atoms with Gasteiger partial charge in [-0.2, -0.15) is 10.4 Å². The molecule has 0 aliphatic rings. The van der Waals surface area contributed by atoms with Crippen LogP contribution in [-0.2, 0) is 0 Å². The van der Waals surface area contributed by atoms with Crippen LogP contribution in [0.3, 0.4) is 0 Å². The Kier molecular flexibility index (Phi) is 5.44. The van der Waals surface area contributed by atoms with Crippen molar-refractivity contribution in [2.75, 3.05) is 0 Å². The van der Waals surface area contributed by atoms with Gasteiger partial charge in [0.25, 0.3) is 0 Å². The lowest BCUT2D eigenvalue weighted by atomic mass is 9.92. The predicted octanol–water partition coefficient (Wildman–Crippen LogP) is 7.14. The van der Waals surface area contributed by atoms with Gasteiger partial charge in [-0.1, -0.05) is 60.7 Å². The summed E-state index contributed by atoms with van der Waals surface area (Å²) in [6.45, 7) is 0. The van der Waals surface area contributed by atoms with Crippen LogP contribution in [0.5, 0.6) is 5.75 Å². The summed E-state index contributed by atoms with van der Waals surface area (Å²) in [5.41, 5.74) is 5.69. The van der Waals surface area contributed by atoms with E-state index >= 15 is 0 Å². The molecule has 2 heterocycles. The number of phenolic OH excluding ortho intramolecular Hbond substituents is 1. The Morgan fingerprint density at radius 3 is 1.95 bits per heavy atom. The fraction of sp³-hybridized carbons (Fsp3) is 0. The Bertz CT molecular complexity index is 1770. The number of hydrogen-bond donors (Lipinski definition) is 1. The molecule has 0 radical (unpaired) electrons. The van der Waals surface area contributed by atoms with E-state index in [-0.39, 0.29) is 11.6 Å². The molecule has 4 aromatic carbocycles. The molecule has 0 atom stereocenters. The van der Waals surface area contributed by atoms with E-state index < -0.39 is 0 Å². The maximum atomic E-state index is 13.8. The monoisotopic (exact) mass is 482 g/mol. The van der Waals surface area contributed by atoms with Crippen molar-refractivity contribution in [2.45, 2.75) is 0 Å². The third-order valence-corrected chi connectivity index (χ3v) is 6.25. The lowest BCUT2D eigenvalue weighted by Gasteiger charge is -2.13. The minimum atomic E-state index is -0.372. The molecule has 6 aromatic rings. The summed E-state index contributed by atoms with van der Waals surface area (Å²) in [7, 11) is 0. The second-order valence-corrected chi connectivity index (χ2v) is 8.54. The second-order valence-electron chi connectivity index (χ2n) is 8.54. The summed E-state index contributed by atoms with van der Waals surface area (Å²) >= 11 is 0. The molecule has 5 nitrogen and oxygen atoms in total. The summed E-state index contributed by atoms with van der Waals surface area (Å²) in [4.78, 5) is 4.98. The van der Waals surface area contributed by atoms with Crippen molar-refractivity contribution >= 4 is 11.0 Å². The predicted molar refractivity (Wildman–Crippen MR) is 142 cm³/mol. The lowest BCUT2D eigenvalue weighted by molar-refractivity contribution is 0.475. The van der Waals surface area contributed by atoms with Gasteiger partial charge in [0.1, 0.15) is 23.3 Å². The highest BCUT2D eigenvalue weighted by atomic mass is 19.1. The first kappa shape index (κ1) is 22.2. The van der Waals surface area contributed by atoms with E-state index in [9.17, 15) is 14.8 Å². The van der Waals surface area contributed by atoms with Gasteiger partial charge in [-0.3, -0.25) is 0 Å². The van der Waals surface area contributed by atoms with E-state index in [4.69, 9.17) is 10.1 Å². The van der Waals surface area contributed by atoms with Crippen LogP contribution < -0.4 is 0 Å². The summed E-state index contributed by atoms with van der Waals surface area (Å²) in [5, 5.41) is 26.1. The molecular weight excluding hydrogens is 463 g/mol. The van der Waals surface area contributed by atoms with E-state index in [2.05, 4.69) is 6.07 Å². The Balaban J connectivity index is 1.81. The zero-order valence-corrected chi connectivity index (χ0v) is 19.5. The van der Waals surface area contributed by atoms with Crippen molar-refractivity contribution in [1.82, 2.24) is 14.8 Å². The third-order valence-electron chi connectivity index (χ3n) is 6.25. The molecule has 0 saturated heterocycles. The molecule has 0 fully saturated rings. The normalized spacial score (nSPS) is 10.9. The van der Waals surface area contributed by atoms with Crippen LogP contribution in [0.25, 0.3) is 50.4 Å². The van der Waals surface area contributed by atoms with Crippen LogP contribution in [0.4, 0.5) is 4.39 Å². The van der Waals surface area contributed by atoms with Crippen molar-refractivity contribution in [2.24, 2.45) is 0 Å². The Morgan fingerprint density at radius 1 is 0.703 bits per heavy atom. The lowest BCUT2D eigenvalue weighted by Crippen LogP contribution is -2.01. The molecule has 0 bridgehead atoms. The molecular formula is C31H19FN4O. The maximum absolute atomic E-state index is 13.8. The van der Waals surface area contributed by atoms with Crippen molar-refractivity contribution < 1.29 is 9.50 Å². The first-order chi connectivity index (χ1) is 18.1. The number of pyridine rings is 1. The van der Waals surface area contributed by atoms with E-state index in [0.717, 1.165) is 16.8 Å². The minimum Gasteiger partial charge on any atom is -0.508 e. The quantitative estimate of drug-likeness (QED) is 0.290. The largest absolute Gasteiger partial charge is 0.508 e. The summed E-state index contributed by atoms with van der Waals surface area (Å²) in [5.74, 6) is -0.252. The number of hydrogen-bond acceptors (Lipinski definition) is 4. The van der Waals surface area contributed by atoms with Crippen molar-refractivity contribution in [3.63, 3.8) is 0 Å². The first-order valence-corrected chi connectivity index (χ1v) is 11.7. The summed E-state index contributed by atoms with van der Waals surface area (Å²) in [6, 6.07) is 34.4. The topological polar surface area (TPSA) is 74.7 Å². The zero-order valence-electron chi connectivity index (χ0n) is 19.5. The van der Waals surface area contributed by atoms with Crippen LogP contribution in [0.1, 0.15) is 5.56 Å². The van der Waals surface area contributed by atoms with Gasteiger partial charge in [0.2, 0.25) is 0 Å². The number of halogens is 1. The van der Waals surface area contributed by atoms with Gasteiger partial charge >= 0.3 is 0 Å². The van der Waals surface area contributed by atoms with Crippen LogP contribution in [0.2, 0.25) is 0 Å². The van der Waals surface area contributed by atoms with Gasteiger partial charge in [-0.25, -0.2) is 14.1 Å². The van der Waals surface area contributed by atoms with E-state index in [0.29, 0.717) is 39.1 Å². The zero-order chi connectivity index (χ0) is 25.4. The van der Waals surface area contributed by atoms with Crippen molar-refractivity contribution in [1.29, 1.82) is 5.26 Å². The number of nitrogens with zero attached hydrogens (tertiary/aromatic N) is 4. The molecule has 37 heavy (non-hydrogen) atoms. The molecule has 176 valence electrons. The molecule has 0 spiro atoms. The minimum absolute atomic E-state index is 0.120. The molecule has 0 amide bonds. The molecule has 1 N–H and O–H groups in total. The van der Waals surface area contributed by atoms with Gasteiger partial charge < -0.3 is 5.11 Å². The number of phenols is 1. The van der Waals surface area contributed by atoms with Crippen LogP contribution >= 0.6 is 0 Å². The smallest absolute Gasteiger partial charge is 0.164 e. The standard InChI is InChI=1S/C31H19FN4O/c32-23-15-11-22(12-16-23)29-26(19-33)27(20-13-17-25(37)18-14-20)28-30(21-7-3-1-4-8-21)35-36(31(28)34-29)24-9-5-2-6-10-24/h1-18,37H. The van der Waals surface area contributed by atoms with Gasteiger partial charge in [0.15, 0.2) is 5.65 Å². The summed E-state index contributed by atoms with van der Waals surface area (Å²) < 4.78 is 15.5. The van der Waals surface area contributed by atoms with Gasteiger partial charge in [-0.05, 0) is 54.1 Å². The second kappa shape index (κ2) is 9.06. The highest BCUT2D eigenvalue weighted by Crippen LogP contribution is 2.42. The van der Waals surface area contributed by atoms with Gasteiger partial charge in [0, 0.05) is 16.7 Å². The van der Waals surface area contributed by atoms with E-state index in [1.807, 2.05) is 60.7 Å². The molecule has 2 aromatic heterocycles. The highest BCUT2D eigenvalue weighted by molar-refractivity contribution is 6.07. The first-order valence-electron chi connectivity index (χ1n) is 11.7. The third kappa shape index (κ3) is 3.89. The average Bonchev–Trinajstić information content (AvgIpc) is 3.33. The van der Waals surface area contributed by atoms with Crippen molar-refractivity contribution in [3.05, 3.63) is 121 Å². The number of aromatic nitrogens is 3. The number of nitriles is 1. The molecule has 6 heteroatoms. The summed E-state index contributed by atoms with van der Waals surface area (Å²) in [6.07, 6.45) is 0. The molecule has 0 saturated carbocycles. The number of fused-ring (bicyclic) bond motifs is 1. The van der Waals surface area contributed by atoms with E-state index in [1.165, 1.54) is 12.1 Å². The Labute approximate surface area is 212 Å². The van der Waals surface area contributed by atoms with Gasteiger partial charge in [-0.15, -0.1) is 0 Å². The van der Waals surface area contributed by atoms with Crippen molar-refractivity contribution in [3.8, 4) is 51.1 Å². The van der Waals surface area contributed by atoms with Crippen LogP contribution in [-0.4, -0.2) is 19.9 Å². The molecule has 0 aliphatic carbocycles. The number of para-hydroxylation sites is 1. The van der Waals surface area contributed by atoms with Gasteiger partial charge in [0.05, 0.1) is 22.3 Å². The average molecular weight is 483 g/mol. The molecule has 6 rings (SSSR count). The fourth-order valence-electron chi connectivity index (χ4n) is 4.54. The number of benzene rings is 4. The fourth-order valence-corrected chi connectivity index (χ4v) is 4.54. The maximum Gasteiger partial charge on any atom is 0.164 e. The molecule has 0 aliphatic heterocycles. The van der Waals surface area contributed by atoms with E-state index in [1.54, 1.807) is 41.1 Å². The Morgan fingerprint density at radius 2 is 1.30 bits per heavy atom.